The summed E-state index contributed by atoms with van der Waals surface area (Å²) in [4.78, 5) is 31.0. The highest BCUT2D eigenvalue weighted by Gasteiger charge is 2.34. The monoisotopic (exact) mass is 449 g/mol. The summed E-state index contributed by atoms with van der Waals surface area (Å²) in [6.45, 7) is 1.42. The van der Waals surface area contributed by atoms with E-state index in [9.17, 15) is 27.2 Å². The van der Waals surface area contributed by atoms with Crippen LogP contribution < -0.4 is 5.32 Å². The number of alkyl halides is 3. The van der Waals surface area contributed by atoms with Gasteiger partial charge in [0, 0.05) is 16.8 Å². The Morgan fingerprint density at radius 3 is 2.23 bits per heavy atom. The fraction of sp³-hybridized carbons (Fsp3) is 0.143. The summed E-state index contributed by atoms with van der Waals surface area (Å²) >= 11 is 0.736. The van der Waals surface area contributed by atoms with E-state index in [4.69, 9.17) is 0 Å². The van der Waals surface area contributed by atoms with Crippen molar-refractivity contribution >= 4 is 29.1 Å². The Balaban J connectivity index is 1.75. The molecule has 0 aliphatic rings. The molecule has 0 bridgehead atoms. The highest BCUT2D eigenvalue weighted by molar-refractivity contribution is 7.99. The van der Waals surface area contributed by atoms with Crippen LogP contribution in [0.5, 0.6) is 0 Å². The number of halogens is 4. The molecule has 0 radical (unpaired) electrons. The van der Waals surface area contributed by atoms with Crippen LogP contribution in [0.15, 0.2) is 59.8 Å². The molecule has 31 heavy (non-hydrogen) atoms. The van der Waals surface area contributed by atoms with Crippen molar-refractivity contribution < 1.29 is 27.2 Å². The Labute approximate surface area is 178 Å². The summed E-state index contributed by atoms with van der Waals surface area (Å²) in [5.41, 5.74) is 0.00592. The minimum Gasteiger partial charge on any atom is -0.325 e. The van der Waals surface area contributed by atoms with E-state index in [1.807, 2.05) is 0 Å². The molecule has 0 fully saturated rings. The number of nitrogens with zero attached hydrogens (tertiary/aromatic N) is 2. The van der Waals surface area contributed by atoms with Crippen molar-refractivity contribution in [3.05, 3.63) is 71.7 Å². The number of Topliss-reactive ketones (excluding diaryl/α,β-unsaturated/α-hetero) is 1. The molecule has 1 N–H and O–H groups in total. The first-order valence-corrected chi connectivity index (χ1v) is 9.86. The molecule has 0 saturated carbocycles. The van der Waals surface area contributed by atoms with Crippen LogP contribution in [0.25, 0.3) is 11.3 Å². The van der Waals surface area contributed by atoms with Crippen molar-refractivity contribution in [3.63, 3.8) is 0 Å². The number of ketones is 1. The minimum atomic E-state index is -4.71. The lowest BCUT2D eigenvalue weighted by Crippen LogP contribution is -2.15. The lowest BCUT2D eigenvalue weighted by atomic mass is 10.1. The first-order valence-electron chi connectivity index (χ1n) is 8.88. The first-order chi connectivity index (χ1) is 14.6. The highest BCUT2D eigenvalue weighted by atomic mass is 32.2. The molecule has 1 amide bonds. The zero-order chi connectivity index (χ0) is 22.6. The Morgan fingerprint density at radius 1 is 1.00 bits per heavy atom. The molecular weight excluding hydrogens is 434 g/mol. The van der Waals surface area contributed by atoms with Crippen LogP contribution >= 0.6 is 11.8 Å². The molecule has 2 aromatic carbocycles. The third kappa shape index (κ3) is 6.11. The number of carbonyl (C=O) groups is 2. The van der Waals surface area contributed by atoms with Crippen molar-refractivity contribution in [1.82, 2.24) is 9.97 Å². The second kappa shape index (κ2) is 9.25. The molecule has 3 aromatic rings. The second-order valence-corrected chi connectivity index (χ2v) is 7.34. The van der Waals surface area contributed by atoms with E-state index < -0.39 is 23.6 Å². The van der Waals surface area contributed by atoms with Crippen molar-refractivity contribution in [2.45, 2.75) is 18.3 Å². The van der Waals surface area contributed by atoms with Gasteiger partial charge in [0.2, 0.25) is 5.91 Å². The SMILES string of the molecule is CC(=O)c1ccc(NC(=O)CSc2nc(-c3ccc(F)cc3)cc(C(F)(F)F)n2)cc1. The van der Waals surface area contributed by atoms with Gasteiger partial charge in [-0.3, -0.25) is 9.59 Å². The van der Waals surface area contributed by atoms with Crippen molar-refractivity contribution in [2.75, 3.05) is 11.1 Å². The maximum atomic E-state index is 13.2. The fourth-order valence-electron chi connectivity index (χ4n) is 2.52. The largest absolute Gasteiger partial charge is 0.433 e. The van der Waals surface area contributed by atoms with Crippen LogP contribution in [0.4, 0.5) is 23.2 Å². The Morgan fingerprint density at radius 2 is 1.65 bits per heavy atom. The Kier molecular flexibility index (Phi) is 6.69. The molecule has 3 rings (SSSR count). The predicted molar refractivity (Wildman–Crippen MR) is 108 cm³/mol. The van der Waals surface area contributed by atoms with Gasteiger partial charge in [-0.05, 0) is 61.5 Å². The number of amides is 1. The molecule has 1 heterocycles. The maximum absolute atomic E-state index is 13.2. The van der Waals surface area contributed by atoms with Gasteiger partial charge in [0.15, 0.2) is 10.9 Å². The molecule has 0 aliphatic heterocycles. The summed E-state index contributed by atoms with van der Waals surface area (Å²) in [7, 11) is 0. The fourth-order valence-corrected chi connectivity index (χ4v) is 3.18. The zero-order valence-electron chi connectivity index (χ0n) is 16.0. The first kappa shape index (κ1) is 22.4. The number of anilines is 1. The standard InChI is InChI=1S/C21H15F4N3O2S/c1-12(29)13-4-8-16(9-5-13)26-19(30)11-31-20-27-17(10-18(28-20)21(23,24)25)14-2-6-15(22)7-3-14/h2-10H,11H2,1H3,(H,26,30). The van der Waals surface area contributed by atoms with Crippen LogP contribution in [0.1, 0.15) is 23.0 Å². The van der Waals surface area contributed by atoms with Gasteiger partial charge >= 0.3 is 6.18 Å². The summed E-state index contributed by atoms with van der Waals surface area (Å²) in [5, 5.41) is 2.35. The van der Waals surface area contributed by atoms with E-state index in [-0.39, 0.29) is 27.9 Å². The number of rotatable bonds is 6. The summed E-state index contributed by atoms with van der Waals surface area (Å²) in [6, 6.07) is 11.8. The lowest BCUT2D eigenvalue weighted by molar-refractivity contribution is -0.141. The Bertz CT molecular complexity index is 1100. The molecule has 0 aliphatic carbocycles. The zero-order valence-corrected chi connectivity index (χ0v) is 16.9. The Hall–Kier alpha value is -3.27. The van der Waals surface area contributed by atoms with E-state index in [1.165, 1.54) is 19.1 Å². The molecule has 1 aromatic heterocycles. The molecule has 5 nitrogen and oxygen atoms in total. The average Bonchev–Trinajstić information content (AvgIpc) is 2.72. The molecule has 0 spiro atoms. The van der Waals surface area contributed by atoms with E-state index in [1.54, 1.807) is 24.3 Å². The van der Waals surface area contributed by atoms with E-state index in [0.717, 1.165) is 30.0 Å². The van der Waals surface area contributed by atoms with E-state index in [2.05, 4.69) is 15.3 Å². The van der Waals surface area contributed by atoms with Gasteiger partial charge in [-0.2, -0.15) is 13.2 Å². The number of benzene rings is 2. The number of thioether (sulfide) groups is 1. The van der Waals surface area contributed by atoms with Crippen LogP contribution in [-0.2, 0) is 11.0 Å². The van der Waals surface area contributed by atoms with Crippen LogP contribution in [0.2, 0.25) is 0 Å². The topological polar surface area (TPSA) is 72.0 Å². The van der Waals surface area contributed by atoms with Gasteiger partial charge in [0.25, 0.3) is 0 Å². The van der Waals surface area contributed by atoms with Gasteiger partial charge in [0.05, 0.1) is 11.4 Å². The second-order valence-electron chi connectivity index (χ2n) is 6.40. The lowest BCUT2D eigenvalue weighted by Gasteiger charge is -2.11. The molecule has 0 atom stereocenters. The molecule has 0 saturated heterocycles. The summed E-state index contributed by atoms with van der Waals surface area (Å²) < 4.78 is 52.8. The van der Waals surface area contributed by atoms with Gasteiger partial charge in [-0.15, -0.1) is 0 Å². The molecule has 160 valence electrons. The van der Waals surface area contributed by atoms with Crippen LogP contribution in [-0.4, -0.2) is 27.4 Å². The number of nitrogens with one attached hydrogen (secondary N) is 1. The van der Waals surface area contributed by atoms with Crippen molar-refractivity contribution in [2.24, 2.45) is 0 Å². The van der Waals surface area contributed by atoms with Crippen LogP contribution in [0.3, 0.4) is 0 Å². The van der Waals surface area contributed by atoms with E-state index >= 15 is 0 Å². The van der Waals surface area contributed by atoms with Gasteiger partial charge in [0.1, 0.15) is 11.5 Å². The van der Waals surface area contributed by atoms with Gasteiger partial charge < -0.3 is 5.32 Å². The number of hydrogen-bond donors (Lipinski definition) is 1. The summed E-state index contributed by atoms with van der Waals surface area (Å²) in [6.07, 6.45) is -4.71. The van der Waals surface area contributed by atoms with Gasteiger partial charge in [-0.1, -0.05) is 11.8 Å². The highest BCUT2D eigenvalue weighted by Crippen LogP contribution is 2.32. The third-order valence-corrected chi connectivity index (χ3v) is 4.89. The third-order valence-electron chi connectivity index (χ3n) is 4.04. The maximum Gasteiger partial charge on any atom is 0.433 e. The molecule has 10 heteroatoms. The number of carbonyl (C=O) groups excluding carboxylic acids is 2. The quantitative estimate of drug-likeness (QED) is 0.241. The smallest absolute Gasteiger partial charge is 0.325 e. The van der Waals surface area contributed by atoms with E-state index in [0.29, 0.717) is 11.3 Å². The summed E-state index contributed by atoms with van der Waals surface area (Å²) in [5.74, 6) is -1.37. The van der Waals surface area contributed by atoms with Crippen LogP contribution in [0, 0.1) is 5.82 Å². The van der Waals surface area contributed by atoms with Crippen molar-refractivity contribution in [3.8, 4) is 11.3 Å². The predicted octanol–water partition coefficient (Wildman–Crippen LogP) is 5.23. The number of hydrogen-bond acceptors (Lipinski definition) is 5. The molecular formula is C21H15F4N3O2S. The number of aromatic nitrogens is 2. The normalized spacial score (nSPS) is 11.3. The van der Waals surface area contributed by atoms with Crippen molar-refractivity contribution in [1.29, 1.82) is 0 Å². The van der Waals surface area contributed by atoms with Gasteiger partial charge in [-0.25, -0.2) is 14.4 Å². The average molecular weight is 449 g/mol. The molecule has 0 unspecified atom stereocenters. The minimum absolute atomic E-state index is 0.0370.